The molecule has 0 radical (unpaired) electrons. The smallest absolute Gasteiger partial charge is 0.291 e. The number of hydrogen-bond donors (Lipinski definition) is 1. The molecule has 0 fully saturated rings. The number of halogens is 2. The molecule has 0 saturated heterocycles. The minimum absolute atomic E-state index is 0.121. The number of amides is 1. The highest BCUT2D eigenvalue weighted by Crippen LogP contribution is 2.33. The number of rotatable bonds is 5. The fourth-order valence-electron chi connectivity index (χ4n) is 3.09. The van der Waals surface area contributed by atoms with E-state index in [9.17, 15) is 4.79 Å². The van der Waals surface area contributed by atoms with Crippen molar-refractivity contribution in [3.05, 3.63) is 87.9 Å². The lowest BCUT2D eigenvalue weighted by Crippen LogP contribution is -2.11. The minimum atomic E-state index is -0.431. The molecule has 0 spiro atoms. The maximum Gasteiger partial charge on any atom is 0.291 e. The van der Waals surface area contributed by atoms with Crippen molar-refractivity contribution in [2.24, 2.45) is 0 Å². The number of carbonyl (C=O) groups excluding carboxylic acids is 1. The second-order valence-corrected chi connectivity index (χ2v) is 8.48. The standard InChI is InChI=1S/C23H13Cl2N3O3S/c24-13-7-8-16(25)15(12-13)18-9-10-19(30-18)22(29)26-17-5-2-1-4-14(17)23-27-21(28-31-23)20-6-3-11-32-20/h1-12H,(H,26,29). The highest BCUT2D eigenvalue weighted by atomic mass is 35.5. The summed E-state index contributed by atoms with van der Waals surface area (Å²) in [5.41, 5.74) is 1.71. The van der Waals surface area contributed by atoms with Crippen molar-refractivity contribution in [2.45, 2.75) is 0 Å². The van der Waals surface area contributed by atoms with Gasteiger partial charge in [-0.1, -0.05) is 46.6 Å². The lowest BCUT2D eigenvalue weighted by atomic mass is 10.1. The summed E-state index contributed by atoms with van der Waals surface area (Å²) in [6.45, 7) is 0. The van der Waals surface area contributed by atoms with Crippen LogP contribution in [0.15, 0.2) is 81.1 Å². The molecule has 5 rings (SSSR count). The first kappa shape index (κ1) is 20.5. The molecule has 0 bridgehead atoms. The van der Waals surface area contributed by atoms with Crippen molar-refractivity contribution in [2.75, 3.05) is 5.32 Å². The van der Waals surface area contributed by atoms with Crippen LogP contribution in [0.25, 0.3) is 33.5 Å². The first-order valence-electron chi connectivity index (χ1n) is 9.42. The largest absolute Gasteiger partial charge is 0.451 e. The molecule has 0 unspecified atom stereocenters. The third-order valence-corrected chi connectivity index (χ3v) is 6.03. The highest BCUT2D eigenvalue weighted by Gasteiger charge is 2.19. The van der Waals surface area contributed by atoms with Gasteiger partial charge in [0.05, 0.1) is 21.2 Å². The van der Waals surface area contributed by atoms with Gasteiger partial charge in [0.1, 0.15) is 5.76 Å². The Morgan fingerprint density at radius 2 is 1.84 bits per heavy atom. The van der Waals surface area contributed by atoms with E-state index in [1.165, 1.54) is 11.3 Å². The number of benzene rings is 2. The number of anilines is 1. The van der Waals surface area contributed by atoms with Gasteiger partial charge in [0.2, 0.25) is 5.82 Å². The molecule has 1 N–H and O–H groups in total. The molecule has 0 saturated carbocycles. The van der Waals surface area contributed by atoms with Crippen LogP contribution in [0.5, 0.6) is 0 Å². The average molecular weight is 482 g/mol. The van der Waals surface area contributed by atoms with Gasteiger partial charge in [0.15, 0.2) is 5.76 Å². The number of hydrogen-bond acceptors (Lipinski definition) is 6. The van der Waals surface area contributed by atoms with Gasteiger partial charge < -0.3 is 14.3 Å². The van der Waals surface area contributed by atoms with Gasteiger partial charge in [-0.05, 0) is 53.9 Å². The first-order chi connectivity index (χ1) is 15.6. The number of aromatic nitrogens is 2. The lowest BCUT2D eigenvalue weighted by molar-refractivity contribution is 0.0997. The van der Waals surface area contributed by atoms with Gasteiger partial charge in [-0.25, -0.2) is 0 Å². The molecule has 0 aliphatic carbocycles. The quantitative estimate of drug-likeness (QED) is 0.285. The monoisotopic (exact) mass is 481 g/mol. The van der Waals surface area contributed by atoms with Crippen molar-refractivity contribution in [3.8, 4) is 33.5 Å². The van der Waals surface area contributed by atoms with E-state index >= 15 is 0 Å². The Kier molecular flexibility index (Phi) is 5.53. The molecule has 6 nitrogen and oxygen atoms in total. The fourth-order valence-corrected chi connectivity index (χ4v) is 4.12. The van der Waals surface area contributed by atoms with E-state index in [-0.39, 0.29) is 5.76 Å². The van der Waals surface area contributed by atoms with E-state index in [1.807, 2.05) is 23.6 Å². The number of nitrogens with zero attached hydrogens (tertiary/aromatic N) is 2. The topological polar surface area (TPSA) is 81.2 Å². The normalized spacial score (nSPS) is 10.9. The molecule has 0 atom stereocenters. The Bertz CT molecular complexity index is 1410. The first-order valence-corrected chi connectivity index (χ1v) is 11.1. The van der Waals surface area contributed by atoms with Gasteiger partial charge in [-0.2, -0.15) is 4.98 Å². The third kappa shape index (κ3) is 4.05. The van der Waals surface area contributed by atoms with Crippen molar-refractivity contribution >= 4 is 46.1 Å². The third-order valence-electron chi connectivity index (χ3n) is 4.60. The molecule has 1 amide bonds. The maximum atomic E-state index is 12.9. The summed E-state index contributed by atoms with van der Waals surface area (Å²) < 4.78 is 11.2. The summed E-state index contributed by atoms with van der Waals surface area (Å²) in [6, 6.07) is 19.3. The highest BCUT2D eigenvalue weighted by molar-refractivity contribution is 7.13. The van der Waals surface area contributed by atoms with E-state index < -0.39 is 5.91 Å². The number of para-hydroxylation sites is 1. The molecule has 158 valence electrons. The second kappa shape index (κ2) is 8.63. The second-order valence-electron chi connectivity index (χ2n) is 6.69. The SMILES string of the molecule is O=C(Nc1ccccc1-c1nc(-c2cccs2)no1)c1ccc(-c2cc(Cl)ccc2Cl)o1. The van der Waals surface area contributed by atoms with E-state index in [2.05, 4.69) is 15.5 Å². The summed E-state index contributed by atoms with van der Waals surface area (Å²) in [4.78, 5) is 18.2. The maximum absolute atomic E-state index is 12.9. The summed E-state index contributed by atoms with van der Waals surface area (Å²) in [5, 5.41) is 9.80. The Morgan fingerprint density at radius 1 is 0.969 bits per heavy atom. The zero-order valence-corrected chi connectivity index (χ0v) is 18.5. The van der Waals surface area contributed by atoms with Crippen LogP contribution in [0.4, 0.5) is 5.69 Å². The average Bonchev–Trinajstić information content (AvgIpc) is 3.56. The predicted octanol–water partition coefficient (Wildman–Crippen LogP) is 7.28. The lowest BCUT2D eigenvalue weighted by Gasteiger charge is -2.07. The number of carbonyl (C=O) groups is 1. The van der Waals surface area contributed by atoms with Crippen molar-refractivity contribution in [3.63, 3.8) is 0 Å². The fraction of sp³-hybridized carbons (Fsp3) is 0. The van der Waals surface area contributed by atoms with Crippen LogP contribution in [-0.4, -0.2) is 16.0 Å². The van der Waals surface area contributed by atoms with E-state index in [4.69, 9.17) is 32.1 Å². The number of nitrogens with one attached hydrogen (secondary N) is 1. The molecule has 3 aromatic heterocycles. The number of thiophene rings is 1. The molecular weight excluding hydrogens is 469 g/mol. The summed E-state index contributed by atoms with van der Waals surface area (Å²) >= 11 is 13.8. The number of furan rings is 1. The van der Waals surface area contributed by atoms with Crippen LogP contribution in [0.2, 0.25) is 10.0 Å². The van der Waals surface area contributed by atoms with E-state index in [0.717, 1.165) is 4.88 Å². The zero-order valence-electron chi connectivity index (χ0n) is 16.2. The molecule has 0 aliphatic heterocycles. The van der Waals surface area contributed by atoms with Crippen LogP contribution in [-0.2, 0) is 0 Å². The molecular formula is C23H13Cl2N3O3S. The molecule has 0 aliphatic rings. The van der Waals surface area contributed by atoms with Crippen molar-refractivity contribution < 1.29 is 13.7 Å². The van der Waals surface area contributed by atoms with Crippen LogP contribution < -0.4 is 5.32 Å². The molecule has 5 aromatic rings. The van der Waals surface area contributed by atoms with Gasteiger partial charge in [0.25, 0.3) is 11.8 Å². The van der Waals surface area contributed by atoms with E-state index in [0.29, 0.717) is 44.3 Å². The summed E-state index contributed by atoms with van der Waals surface area (Å²) in [6.07, 6.45) is 0. The Morgan fingerprint density at radius 3 is 2.69 bits per heavy atom. The zero-order chi connectivity index (χ0) is 22.1. The van der Waals surface area contributed by atoms with Gasteiger partial charge >= 0.3 is 0 Å². The van der Waals surface area contributed by atoms with Gasteiger partial charge in [-0.3, -0.25) is 4.79 Å². The molecule has 2 aromatic carbocycles. The van der Waals surface area contributed by atoms with Crippen LogP contribution in [0.1, 0.15) is 10.6 Å². The Labute approximate surface area is 196 Å². The van der Waals surface area contributed by atoms with Gasteiger partial charge in [0, 0.05) is 10.6 Å². The van der Waals surface area contributed by atoms with Crippen molar-refractivity contribution in [1.82, 2.24) is 10.1 Å². The van der Waals surface area contributed by atoms with E-state index in [1.54, 1.807) is 48.5 Å². The Balaban J connectivity index is 1.40. The summed E-state index contributed by atoms with van der Waals surface area (Å²) in [7, 11) is 0. The van der Waals surface area contributed by atoms with Crippen molar-refractivity contribution in [1.29, 1.82) is 0 Å². The minimum Gasteiger partial charge on any atom is -0.451 e. The molecule has 9 heteroatoms. The summed E-state index contributed by atoms with van der Waals surface area (Å²) in [5.74, 6) is 0.921. The van der Waals surface area contributed by atoms with Crippen LogP contribution in [0.3, 0.4) is 0 Å². The molecule has 32 heavy (non-hydrogen) atoms. The predicted molar refractivity (Wildman–Crippen MR) is 125 cm³/mol. The van der Waals surface area contributed by atoms with Gasteiger partial charge in [-0.15, -0.1) is 11.3 Å². The molecule has 3 heterocycles. The Hall–Kier alpha value is -3.39. The van der Waals surface area contributed by atoms with Crippen LogP contribution in [0, 0.1) is 0 Å². The van der Waals surface area contributed by atoms with Crippen LogP contribution >= 0.6 is 34.5 Å².